The summed E-state index contributed by atoms with van der Waals surface area (Å²) in [5.74, 6) is 0.666. The third kappa shape index (κ3) is 2.68. The normalized spacial score (nSPS) is 14.6. The van der Waals surface area contributed by atoms with Crippen LogP contribution in [0, 0.1) is 6.92 Å². The van der Waals surface area contributed by atoms with Gasteiger partial charge >= 0.3 is 0 Å². The Morgan fingerprint density at radius 3 is 2.76 bits per heavy atom. The van der Waals surface area contributed by atoms with Crippen LogP contribution in [-0.4, -0.2) is 20.2 Å². The van der Waals surface area contributed by atoms with Crippen molar-refractivity contribution in [2.24, 2.45) is 12.8 Å². The smallest absolute Gasteiger partial charge is 0.176 e. The molecule has 0 aliphatic rings. The highest BCUT2D eigenvalue weighted by Gasteiger charge is 2.24. The number of nitrogens with zero attached hydrogens (tertiary/aromatic N) is 4. The fourth-order valence-corrected chi connectivity index (χ4v) is 1.82. The molecule has 5 heteroatoms. The molecule has 5 nitrogen and oxygen atoms in total. The first-order valence-electron chi connectivity index (χ1n) is 5.56. The molecule has 1 aromatic carbocycles. The Bertz CT molecular complexity index is 515. The Morgan fingerprint density at radius 2 is 2.18 bits per heavy atom. The molecule has 0 amide bonds. The molecule has 2 N–H and O–H groups in total. The topological polar surface area (TPSA) is 69.6 Å². The first kappa shape index (κ1) is 11.7. The Labute approximate surface area is 101 Å². The Hall–Kier alpha value is -1.75. The van der Waals surface area contributed by atoms with E-state index in [1.54, 1.807) is 7.05 Å². The summed E-state index contributed by atoms with van der Waals surface area (Å²) in [5.41, 5.74) is 8.14. The van der Waals surface area contributed by atoms with Crippen molar-refractivity contribution in [3.8, 4) is 0 Å². The first-order valence-corrected chi connectivity index (χ1v) is 5.56. The van der Waals surface area contributed by atoms with E-state index >= 15 is 0 Å². The summed E-state index contributed by atoms with van der Waals surface area (Å²) in [5, 5.41) is 11.9. The van der Waals surface area contributed by atoms with Crippen LogP contribution in [0.3, 0.4) is 0 Å². The molecule has 0 fully saturated rings. The van der Waals surface area contributed by atoms with Crippen molar-refractivity contribution in [1.29, 1.82) is 0 Å². The van der Waals surface area contributed by atoms with Crippen molar-refractivity contribution >= 4 is 0 Å². The van der Waals surface area contributed by atoms with Crippen molar-refractivity contribution in [1.82, 2.24) is 20.2 Å². The van der Waals surface area contributed by atoms with Crippen LogP contribution >= 0.6 is 0 Å². The summed E-state index contributed by atoms with van der Waals surface area (Å²) in [7, 11) is 1.75. The van der Waals surface area contributed by atoms with Crippen LogP contribution in [0.2, 0.25) is 0 Å². The lowest BCUT2D eigenvalue weighted by atomic mass is 9.89. The molecule has 2 aromatic rings. The number of tetrazole rings is 1. The Morgan fingerprint density at radius 1 is 1.41 bits per heavy atom. The van der Waals surface area contributed by atoms with Gasteiger partial charge in [0.1, 0.15) is 0 Å². The van der Waals surface area contributed by atoms with Crippen LogP contribution in [0.5, 0.6) is 0 Å². The minimum absolute atomic E-state index is 0.477. The number of nitrogens with two attached hydrogens (primary N) is 1. The van der Waals surface area contributed by atoms with E-state index in [1.165, 1.54) is 10.4 Å². The zero-order valence-electron chi connectivity index (χ0n) is 10.4. The molecule has 0 aliphatic carbocycles. The van der Waals surface area contributed by atoms with Gasteiger partial charge in [-0.1, -0.05) is 29.8 Å². The highest BCUT2D eigenvalue weighted by atomic mass is 15.6. The van der Waals surface area contributed by atoms with Crippen molar-refractivity contribution in [3.05, 3.63) is 41.2 Å². The monoisotopic (exact) mass is 231 g/mol. The van der Waals surface area contributed by atoms with Crippen molar-refractivity contribution in [3.63, 3.8) is 0 Å². The molecule has 17 heavy (non-hydrogen) atoms. The van der Waals surface area contributed by atoms with Gasteiger partial charge in [-0.25, -0.2) is 0 Å². The minimum atomic E-state index is -0.477. The number of hydrogen-bond donors (Lipinski definition) is 1. The van der Waals surface area contributed by atoms with Crippen LogP contribution in [-0.2, 0) is 19.0 Å². The maximum absolute atomic E-state index is 6.33. The average Bonchev–Trinajstić information content (AvgIpc) is 2.63. The molecule has 1 heterocycles. The van der Waals surface area contributed by atoms with E-state index in [-0.39, 0.29) is 0 Å². The van der Waals surface area contributed by atoms with Gasteiger partial charge in [0.25, 0.3) is 0 Å². The number of aromatic nitrogens is 4. The highest BCUT2D eigenvalue weighted by molar-refractivity contribution is 5.28. The van der Waals surface area contributed by atoms with E-state index in [0.717, 1.165) is 5.56 Å². The lowest BCUT2D eigenvalue weighted by Gasteiger charge is -2.23. The second-order valence-electron chi connectivity index (χ2n) is 4.66. The third-order valence-corrected chi connectivity index (χ3v) is 2.75. The van der Waals surface area contributed by atoms with E-state index < -0.39 is 5.54 Å². The van der Waals surface area contributed by atoms with Crippen LogP contribution in [0.4, 0.5) is 0 Å². The summed E-state index contributed by atoms with van der Waals surface area (Å²) in [6.07, 6.45) is 0.574. The summed E-state index contributed by atoms with van der Waals surface area (Å²) in [4.78, 5) is 1.45. The predicted octanol–water partition coefficient (Wildman–Crippen LogP) is 0.935. The average molecular weight is 231 g/mol. The van der Waals surface area contributed by atoms with Crippen LogP contribution < -0.4 is 5.73 Å². The van der Waals surface area contributed by atoms with Gasteiger partial charge in [-0.3, -0.25) is 0 Å². The van der Waals surface area contributed by atoms with E-state index in [9.17, 15) is 0 Å². The van der Waals surface area contributed by atoms with E-state index in [1.807, 2.05) is 19.1 Å². The Balaban J connectivity index is 2.24. The van der Waals surface area contributed by atoms with Gasteiger partial charge in [0.05, 0.1) is 7.05 Å². The summed E-state index contributed by atoms with van der Waals surface area (Å²) >= 11 is 0. The molecule has 2 rings (SSSR count). The van der Waals surface area contributed by atoms with Crippen LogP contribution in [0.1, 0.15) is 23.9 Å². The Kier molecular flexibility index (Phi) is 2.93. The fourth-order valence-electron chi connectivity index (χ4n) is 1.82. The molecule has 1 aromatic heterocycles. The van der Waals surface area contributed by atoms with E-state index in [2.05, 4.69) is 34.5 Å². The van der Waals surface area contributed by atoms with E-state index in [4.69, 9.17) is 5.73 Å². The van der Waals surface area contributed by atoms with Crippen LogP contribution in [0.15, 0.2) is 24.3 Å². The molecule has 1 unspecified atom stereocenters. The lowest BCUT2D eigenvalue weighted by Crippen LogP contribution is -2.36. The van der Waals surface area contributed by atoms with Gasteiger partial charge in [0, 0.05) is 12.0 Å². The molecule has 1 atom stereocenters. The minimum Gasteiger partial charge on any atom is -0.321 e. The number of hydrogen-bond acceptors (Lipinski definition) is 4. The van der Waals surface area contributed by atoms with Gasteiger partial charge in [-0.15, -0.1) is 10.2 Å². The molecular weight excluding hydrogens is 214 g/mol. The zero-order valence-corrected chi connectivity index (χ0v) is 10.4. The van der Waals surface area contributed by atoms with Gasteiger partial charge in [0.15, 0.2) is 5.82 Å². The maximum atomic E-state index is 6.33. The zero-order chi connectivity index (χ0) is 12.5. The second kappa shape index (κ2) is 4.25. The van der Waals surface area contributed by atoms with Crippen LogP contribution in [0.25, 0.3) is 0 Å². The quantitative estimate of drug-likeness (QED) is 0.853. The molecule has 0 saturated carbocycles. The largest absolute Gasteiger partial charge is 0.321 e. The molecule has 0 aliphatic heterocycles. The lowest BCUT2D eigenvalue weighted by molar-refractivity contribution is 0.476. The summed E-state index contributed by atoms with van der Waals surface area (Å²) in [6, 6.07) is 8.19. The predicted molar refractivity (Wildman–Crippen MR) is 65.2 cm³/mol. The molecule has 0 spiro atoms. The van der Waals surface area contributed by atoms with Gasteiger partial charge in [0.2, 0.25) is 0 Å². The number of rotatable bonds is 3. The highest BCUT2D eigenvalue weighted by Crippen LogP contribution is 2.21. The van der Waals surface area contributed by atoms with Gasteiger partial charge < -0.3 is 5.73 Å². The standard InChI is InChI=1S/C12H17N5/c1-9-5-4-6-10(7-9)12(2,13)8-11-14-16-17(3)15-11/h4-7H,8,13H2,1-3H3. The van der Waals surface area contributed by atoms with Crippen molar-refractivity contribution in [2.45, 2.75) is 25.8 Å². The molecule has 0 radical (unpaired) electrons. The summed E-state index contributed by atoms with van der Waals surface area (Å²) in [6.45, 7) is 4.04. The third-order valence-electron chi connectivity index (χ3n) is 2.75. The maximum Gasteiger partial charge on any atom is 0.176 e. The van der Waals surface area contributed by atoms with Crippen molar-refractivity contribution in [2.75, 3.05) is 0 Å². The second-order valence-corrected chi connectivity index (χ2v) is 4.66. The molecule has 0 saturated heterocycles. The SMILES string of the molecule is Cc1cccc(C(C)(N)Cc2nnn(C)n2)c1. The van der Waals surface area contributed by atoms with Gasteiger partial charge in [-0.2, -0.15) is 4.80 Å². The number of aryl methyl sites for hydroxylation is 2. The molecular formula is C12H17N5. The fraction of sp³-hybridized carbons (Fsp3) is 0.417. The van der Waals surface area contributed by atoms with E-state index in [0.29, 0.717) is 12.2 Å². The van der Waals surface area contributed by atoms with Crippen molar-refractivity contribution < 1.29 is 0 Å². The molecule has 90 valence electrons. The number of benzene rings is 1. The first-order chi connectivity index (χ1) is 7.97. The summed E-state index contributed by atoms with van der Waals surface area (Å²) < 4.78 is 0. The molecule has 0 bridgehead atoms. The van der Waals surface area contributed by atoms with Gasteiger partial charge in [-0.05, 0) is 24.6 Å².